The number of carbonyl (C=O) groups excluding carboxylic acids is 1. The number of rotatable bonds is 6. The van der Waals surface area contributed by atoms with E-state index in [9.17, 15) is 15.0 Å². The van der Waals surface area contributed by atoms with Gasteiger partial charge < -0.3 is 19.8 Å². The number of carbonyl (C=O) groups is 1. The number of allylic oxidation sites excluding steroid dienone is 1. The van der Waals surface area contributed by atoms with Gasteiger partial charge in [0.1, 0.15) is 6.10 Å². The van der Waals surface area contributed by atoms with Crippen LogP contribution in [0.1, 0.15) is 63.5 Å². The number of hydrogen-bond donors (Lipinski definition) is 2. The smallest absolute Gasteiger partial charge is 0.246 e. The lowest BCUT2D eigenvalue weighted by atomic mass is 9.48. The highest BCUT2D eigenvalue weighted by atomic mass is 16.5. The number of phenols is 1. The largest absolute Gasteiger partial charge is 0.504 e. The van der Waals surface area contributed by atoms with Crippen molar-refractivity contribution in [1.82, 2.24) is 9.80 Å². The van der Waals surface area contributed by atoms with Crippen LogP contribution in [0.15, 0.2) is 24.3 Å². The SMILES string of the molecule is CC(C)C/C=C/C(=O)N(C)[C@@H]1CC[C@@]2(O)[C@H]3Cc4ccc(O)c5c4[C@@]2(CCN3CC2CC2)[C@H]1O5. The summed E-state index contributed by atoms with van der Waals surface area (Å²) >= 11 is 0. The quantitative estimate of drug-likeness (QED) is 0.629. The van der Waals surface area contributed by atoms with Crippen LogP contribution in [0, 0.1) is 11.8 Å². The maximum Gasteiger partial charge on any atom is 0.246 e. The highest BCUT2D eigenvalue weighted by Crippen LogP contribution is 2.66. The minimum Gasteiger partial charge on any atom is -0.504 e. The molecule has 6 nitrogen and oxygen atoms in total. The van der Waals surface area contributed by atoms with E-state index in [4.69, 9.17) is 4.74 Å². The van der Waals surface area contributed by atoms with E-state index in [1.165, 1.54) is 18.4 Å². The molecule has 0 aromatic heterocycles. The summed E-state index contributed by atoms with van der Waals surface area (Å²) in [4.78, 5) is 17.5. The zero-order valence-corrected chi connectivity index (χ0v) is 20.7. The van der Waals surface area contributed by atoms with Crippen molar-refractivity contribution in [2.24, 2.45) is 11.8 Å². The average molecular weight is 467 g/mol. The number of piperidine rings is 1. The Bertz CT molecular complexity index is 1030. The van der Waals surface area contributed by atoms with Crippen LogP contribution in [0.5, 0.6) is 11.5 Å². The number of aromatic hydroxyl groups is 1. The summed E-state index contributed by atoms with van der Waals surface area (Å²) in [6.45, 7) is 6.28. The van der Waals surface area contributed by atoms with Crippen molar-refractivity contribution in [3.05, 3.63) is 35.4 Å². The maximum atomic E-state index is 13.1. The number of aliphatic hydroxyl groups is 1. The fourth-order valence-electron chi connectivity index (χ4n) is 7.57. The first-order valence-electron chi connectivity index (χ1n) is 13.2. The number of hydrogen-bond acceptors (Lipinski definition) is 5. The van der Waals surface area contributed by atoms with Crippen LogP contribution in [-0.4, -0.2) is 69.8 Å². The third kappa shape index (κ3) is 3.03. The minimum atomic E-state index is -0.912. The standard InChI is InChI=1S/C28H38N2O4/c1-17(2)5-4-6-23(32)29(3)20-11-12-28(33)22-15-19-9-10-21(31)25-24(19)27(28,26(20)34-25)13-14-30(22)16-18-7-8-18/h4,6,9-10,17-18,20,22,26,31,33H,5,7-8,11-16H2,1-3H3/b6-4+/t20-,22-,26+,27+,28-/m1/s1. The van der Waals surface area contributed by atoms with E-state index in [1.54, 1.807) is 12.1 Å². The van der Waals surface area contributed by atoms with Crippen molar-refractivity contribution >= 4 is 5.91 Å². The van der Waals surface area contributed by atoms with Gasteiger partial charge in [-0.2, -0.15) is 0 Å². The minimum absolute atomic E-state index is 0.0185. The van der Waals surface area contributed by atoms with Crippen molar-refractivity contribution in [3.63, 3.8) is 0 Å². The Hall–Kier alpha value is -2.05. The van der Waals surface area contributed by atoms with E-state index in [1.807, 2.05) is 24.1 Å². The number of likely N-dealkylation sites (tertiary alicyclic amines) is 1. The summed E-state index contributed by atoms with van der Waals surface area (Å²) < 4.78 is 6.58. The molecule has 1 aromatic carbocycles. The average Bonchev–Trinajstić information content (AvgIpc) is 3.54. The molecule has 3 fully saturated rings. The lowest BCUT2D eigenvalue weighted by Gasteiger charge is -2.64. The first-order chi connectivity index (χ1) is 16.3. The van der Waals surface area contributed by atoms with Crippen molar-refractivity contribution in [1.29, 1.82) is 0 Å². The van der Waals surface area contributed by atoms with Gasteiger partial charge in [-0.1, -0.05) is 26.0 Å². The van der Waals surface area contributed by atoms with Crippen LogP contribution in [0.4, 0.5) is 0 Å². The third-order valence-corrected chi connectivity index (χ3v) is 9.44. The van der Waals surface area contributed by atoms with Gasteiger partial charge >= 0.3 is 0 Å². The molecule has 1 amide bonds. The zero-order valence-electron chi connectivity index (χ0n) is 20.7. The Morgan fingerprint density at radius 2 is 2.09 bits per heavy atom. The van der Waals surface area contributed by atoms with Crippen molar-refractivity contribution in [3.8, 4) is 11.5 Å². The molecule has 1 spiro atoms. The maximum absolute atomic E-state index is 13.1. The lowest BCUT2D eigenvalue weighted by molar-refractivity contribution is -0.200. The van der Waals surface area contributed by atoms with E-state index in [0.717, 1.165) is 43.8 Å². The molecule has 2 N–H and O–H groups in total. The number of amides is 1. The monoisotopic (exact) mass is 466 g/mol. The number of likely N-dealkylation sites (N-methyl/N-ethyl adjacent to an activating group) is 1. The van der Waals surface area contributed by atoms with E-state index >= 15 is 0 Å². The predicted molar refractivity (Wildman–Crippen MR) is 130 cm³/mol. The van der Waals surface area contributed by atoms with Crippen molar-refractivity contribution in [2.45, 2.75) is 88.0 Å². The Kier molecular flexibility index (Phi) is 5.09. The van der Waals surface area contributed by atoms with Crippen LogP contribution >= 0.6 is 0 Å². The van der Waals surface area contributed by atoms with Crippen LogP contribution in [0.25, 0.3) is 0 Å². The molecule has 1 saturated heterocycles. The van der Waals surface area contributed by atoms with Gasteiger partial charge in [0.15, 0.2) is 11.5 Å². The van der Waals surface area contributed by atoms with Gasteiger partial charge in [-0.15, -0.1) is 0 Å². The van der Waals surface area contributed by atoms with Crippen molar-refractivity contribution in [2.75, 3.05) is 20.1 Å². The topological polar surface area (TPSA) is 73.2 Å². The molecule has 2 heterocycles. The normalized spacial score (nSPS) is 36.0. The summed E-state index contributed by atoms with van der Waals surface area (Å²) in [5.41, 5.74) is 0.712. The molecule has 2 bridgehead atoms. The number of phenolic OH excluding ortho intramolecular Hbond substituents is 1. The fourth-order valence-corrected chi connectivity index (χ4v) is 7.57. The molecule has 1 aromatic rings. The van der Waals surface area contributed by atoms with Gasteiger partial charge in [0.25, 0.3) is 0 Å². The molecule has 184 valence electrons. The molecule has 2 aliphatic heterocycles. The zero-order chi connectivity index (χ0) is 23.8. The molecule has 6 rings (SSSR count). The molecule has 0 unspecified atom stereocenters. The first kappa shape index (κ1) is 22.4. The second-order valence-electron chi connectivity index (χ2n) is 11.9. The molecular formula is C28H38N2O4. The highest BCUT2D eigenvalue weighted by Gasteiger charge is 2.73. The van der Waals surface area contributed by atoms with Gasteiger partial charge in [-0.05, 0) is 81.0 Å². The molecule has 6 heteroatoms. The lowest BCUT2D eigenvalue weighted by Crippen LogP contribution is -2.78. The number of benzene rings is 1. The summed E-state index contributed by atoms with van der Waals surface area (Å²) in [7, 11) is 1.86. The second-order valence-corrected chi connectivity index (χ2v) is 11.9. The molecule has 0 radical (unpaired) electrons. The Morgan fingerprint density at radius 1 is 1.29 bits per heavy atom. The highest BCUT2D eigenvalue weighted by molar-refractivity contribution is 5.87. The van der Waals surface area contributed by atoms with E-state index < -0.39 is 11.0 Å². The van der Waals surface area contributed by atoms with Gasteiger partial charge in [0, 0.05) is 25.2 Å². The van der Waals surface area contributed by atoms with Gasteiger partial charge in [-0.25, -0.2) is 0 Å². The van der Waals surface area contributed by atoms with Gasteiger partial charge in [0.2, 0.25) is 5.91 Å². The number of ether oxygens (including phenoxy) is 1. The van der Waals surface area contributed by atoms with Gasteiger partial charge in [-0.3, -0.25) is 9.69 Å². The second kappa shape index (κ2) is 7.72. The molecule has 3 aliphatic carbocycles. The van der Waals surface area contributed by atoms with Crippen LogP contribution in [0.2, 0.25) is 0 Å². The van der Waals surface area contributed by atoms with E-state index in [0.29, 0.717) is 24.5 Å². The number of nitrogens with zero attached hydrogens (tertiary/aromatic N) is 2. The predicted octanol–water partition coefficient (Wildman–Crippen LogP) is 3.39. The Morgan fingerprint density at radius 3 is 2.82 bits per heavy atom. The van der Waals surface area contributed by atoms with Crippen LogP contribution in [0.3, 0.4) is 0 Å². The van der Waals surface area contributed by atoms with E-state index in [-0.39, 0.29) is 29.8 Å². The summed E-state index contributed by atoms with van der Waals surface area (Å²) in [5.74, 6) is 1.94. The summed E-state index contributed by atoms with van der Waals surface area (Å²) in [5, 5.41) is 23.3. The molecule has 5 atom stereocenters. The third-order valence-electron chi connectivity index (χ3n) is 9.44. The Labute approximate surface area is 202 Å². The first-order valence-corrected chi connectivity index (χ1v) is 13.2. The van der Waals surface area contributed by atoms with Gasteiger partial charge in [0.05, 0.1) is 17.1 Å². The molecular weight excluding hydrogens is 428 g/mol. The molecule has 5 aliphatic rings. The van der Waals surface area contributed by atoms with Crippen molar-refractivity contribution < 1.29 is 19.7 Å². The summed E-state index contributed by atoms with van der Waals surface area (Å²) in [6.07, 6.45) is 9.68. The van der Waals surface area contributed by atoms with Crippen LogP contribution < -0.4 is 4.74 Å². The van der Waals surface area contributed by atoms with Crippen LogP contribution in [-0.2, 0) is 16.6 Å². The molecule has 34 heavy (non-hydrogen) atoms. The summed E-state index contributed by atoms with van der Waals surface area (Å²) in [6, 6.07) is 3.68. The molecule has 2 saturated carbocycles. The Balaban J connectivity index is 1.39. The fraction of sp³-hybridized carbons (Fsp3) is 0.679. The van der Waals surface area contributed by atoms with E-state index in [2.05, 4.69) is 18.7 Å².